The number of nitrogens with two attached hydrogens (primary N) is 1. The quantitative estimate of drug-likeness (QED) is 0.783. The topological polar surface area (TPSA) is 72.2 Å². The zero-order valence-electron chi connectivity index (χ0n) is 9.76. The predicted molar refractivity (Wildman–Crippen MR) is 74.8 cm³/mol. The van der Waals surface area contributed by atoms with Gasteiger partial charge in [-0.3, -0.25) is 0 Å². The van der Waals surface area contributed by atoms with Gasteiger partial charge in [-0.05, 0) is 24.5 Å². The summed E-state index contributed by atoms with van der Waals surface area (Å²) in [4.78, 5) is 0.836. The highest BCUT2D eigenvalue weighted by molar-refractivity contribution is 7.91. The first-order chi connectivity index (χ1) is 7.83. The number of thiocarbonyl (C=S) groups is 1. The van der Waals surface area contributed by atoms with E-state index in [9.17, 15) is 8.42 Å². The van der Waals surface area contributed by atoms with E-state index in [1.54, 1.807) is 6.07 Å². The lowest BCUT2D eigenvalue weighted by Gasteiger charge is -2.06. The van der Waals surface area contributed by atoms with Crippen LogP contribution in [0, 0.1) is 5.92 Å². The number of rotatable bonds is 6. The zero-order valence-corrected chi connectivity index (χ0v) is 12.2. The molecule has 4 nitrogen and oxygen atoms in total. The highest BCUT2D eigenvalue weighted by Crippen LogP contribution is 2.21. The van der Waals surface area contributed by atoms with E-state index in [-0.39, 0.29) is 9.20 Å². The van der Waals surface area contributed by atoms with E-state index in [4.69, 9.17) is 18.0 Å². The van der Waals surface area contributed by atoms with Crippen LogP contribution >= 0.6 is 23.6 Å². The molecule has 0 unspecified atom stereocenters. The van der Waals surface area contributed by atoms with Crippen LogP contribution in [0.2, 0.25) is 0 Å². The lowest BCUT2D eigenvalue weighted by Crippen LogP contribution is -2.24. The lowest BCUT2D eigenvalue weighted by atomic mass is 10.1. The van der Waals surface area contributed by atoms with Gasteiger partial charge in [0.2, 0.25) is 10.0 Å². The Balaban J connectivity index is 2.72. The normalized spacial score (nSPS) is 11.9. The second-order valence-electron chi connectivity index (χ2n) is 4.06. The first kappa shape index (κ1) is 14.6. The highest BCUT2D eigenvalue weighted by Gasteiger charge is 2.16. The summed E-state index contributed by atoms with van der Waals surface area (Å²) in [5.41, 5.74) is 5.44. The second-order valence-corrected chi connectivity index (χ2v) is 7.58. The summed E-state index contributed by atoms with van der Waals surface area (Å²) >= 11 is 5.88. The zero-order chi connectivity index (χ0) is 13.1. The minimum atomic E-state index is -3.42. The first-order valence-electron chi connectivity index (χ1n) is 5.22. The van der Waals surface area contributed by atoms with Gasteiger partial charge in [0.1, 0.15) is 9.20 Å². The Morgan fingerprint density at radius 2 is 2.18 bits per heavy atom. The molecular formula is C10H16N2O2S3. The van der Waals surface area contributed by atoms with Crippen LogP contribution in [0.15, 0.2) is 16.3 Å². The van der Waals surface area contributed by atoms with Gasteiger partial charge in [0.15, 0.2) is 0 Å². The van der Waals surface area contributed by atoms with Crippen LogP contribution in [-0.2, 0) is 10.0 Å². The smallest absolute Gasteiger partial charge is 0.250 e. The summed E-state index contributed by atoms with van der Waals surface area (Å²) in [7, 11) is -3.42. The molecule has 17 heavy (non-hydrogen) atoms. The van der Waals surface area contributed by atoms with Gasteiger partial charge in [0.25, 0.3) is 0 Å². The molecule has 0 aliphatic carbocycles. The number of thiophene rings is 1. The molecule has 0 aromatic carbocycles. The predicted octanol–water partition coefficient (Wildman–Crippen LogP) is 1.71. The third-order valence-corrected chi connectivity index (χ3v) is 5.52. The van der Waals surface area contributed by atoms with E-state index in [1.165, 1.54) is 6.07 Å². The van der Waals surface area contributed by atoms with Gasteiger partial charge >= 0.3 is 0 Å². The van der Waals surface area contributed by atoms with Gasteiger partial charge in [-0.1, -0.05) is 26.1 Å². The molecule has 1 heterocycles. The summed E-state index contributed by atoms with van der Waals surface area (Å²) in [5, 5.41) is 0. The van der Waals surface area contributed by atoms with E-state index in [2.05, 4.69) is 4.72 Å². The van der Waals surface area contributed by atoms with Crippen LogP contribution in [0.3, 0.4) is 0 Å². The Labute approximate surface area is 111 Å². The Hall–Kier alpha value is -0.500. The molecule has 7 heteroatoms. The van der Waals surface area contributed by atoms with Crippen LogP contribution in [0.1, 0.15) is 25.1 Å². The van der Waals surface area contributed by atoms with E-state index in [0.717, 1.165) is 17.8 Å². The van der Waals surface area contributed by atoms with E-state index < -0.39 is 10.0 Å². The molecule has 0 amide bonds. The molecule has 96 valence electrons. The van der Waals surface area contributed by atoms with Crippen molar-refractivity contribution in [1.29, 1.82) is 0 Å². The van der Waals surface area contributed by atoms with Crippen molar-refractivity contribution < 1.29 is 8.42 Å². The van der Waals surface area contributed by atoms with Crippen LogP contribution in [-0.4, -0.2) is 20.0 Å². The Bertz CT molecular complexity index is 491. The Morgan fingerprint density at radius 3 is 2.65 bits per heavy atom. The van der Waals surface area contributed by atoms with Gasteiger partial charge < -0.3 is 5.73 Å². The largest absolute Gasteiger partial charge is 0.389 e. The van der Waals surface area contributed by atoms with Gasteiger partial charge in [0, 0.05) is 6.54 Å². The van der Waals surface area contributed by atoms with Crippen LogP contribution < -0.4 is 10.5 Å². The van der Waals surface area contributed by atoms with Crippen molar-refractivity contribution in [3.63, 3.8) is 0 Å². The fraction of sp³-hybridized carbons (Fsp3) is 0.500. The summed E-state index contributed by atoms with van der Waals surface area (Å²) in [5.74, 6) is 0.466. The summed E-state index contributed by atoms with van der Waals surface area (Å²) < 4.78 is 26.5. The third kappa shape index (κ3) is 4.34. The van der Waals surface area contributed by atoms with E-state index in [0.29, 0.717) is 17.3 Å². The van der Waals surface area contributed by atoms with Crippen LogP contribution in [0.25, 0.3) is 0 Å². The summed E-state index contributed by atoms with van der Waals surface area (Å²) in [6, 6.07) is 3.15. The fourth-order valence-corrected chi connectivity index (χ4v) is 3.59. The van der Waals surface area contributed by atoms with Crippen molar-refractivity contribution in [2.75, 3.05) is 6.54 Å². The summed E-state index contributed by atoms with van der Waals surface area (Å²) in [6.07, 6.45) is 0.812. The molecule has 0 saturated heterocycles. The molecule has 0 bridgehead atoms. The van der Waals surface area contributed by atoms with Crippen molar-refractivity contribution in [1.82, 2.24) is 4.72 Å². The standard InChI is InChI=1S/C10H16N2O2S3/c1-7(2)5-6-12-17(13,14)9-4-3-8(16-9)10(11)15/h3-4,7,12H,5-6H2,1-2H3,(H2,11,15). The minimum Gasteiger partial charge on any atom is -0.389 e. The molecule has 0 aliphatic heterocycles. The average molecular weight is 292 g/mol. The molecular weight excluding hydrogens is 276 g/mol. The molecule has 0 radical (unpaired) electrons. The van der Waals surface area contributed by atoms with Crippen molar-refractivity contribution in [3.05, 3.63) is 17.0 Å². The van der Waals surface area contributed by atoms with Crippen molar-refractivity contribution >= 4 is 38.6 Å². The maximum absolute atomic E-state index is 11.9. The summed E-state index contributed by atoms with van der Waals surface area (Å²) in [6.45, 7) is 4.54. The fourth-order valence-electron chi connectivity index (χ4n) is 1.15. The lowest BCUT2D eigenvalue weighted by molar-refractivity contribution is 0.553. The van der Waals surface area contributed by atoms with Crippen molar-refractivity contribution in [2.45, 2.75) is 24.5 Å². The monoisotopic (exact) mass is 292 g/mol. The molecule has 0 atom stereocenters. The molecule has 0 spiro atoms. The molecule has 1 rings (SSSR count). The number of hydrogen-bond donors (Lipinski definition) is 2. The molecule has 0 saturated carbocycles. The van der Waals surface area contributed by atoms with E-state index in [1.807, 2.05) is 13.8 Å². The first-order valence-corrected chi connectivity index (χ1v) is 7.93. The van der Waals surface area contributed by atoms with Gasteiger partial charge in [0.05, 0.1) is 4.88 Å². The molecule has 1 aromatic rings. The Kier molecular flexibility index (Phi) is 5.05. The van der Waals surface area contributed by atoms with Gasteiger partial charge in [-0.15, -0.1) is 11.3 Å². The Morgan fingerprint density at radius 1 is 1.53 bits per heavy atom. The second kappa shape index (κ2) is 5.90. The number of sulfonamides is 1. The van der Waals surface area contributed by atoms with Gasteiger partial charge in [-0.25, -0.2) is 13.1 Å². The van der Waals surface area contributed by atoms with Crippen molar-refractivity contribution in [2.24, 2.45) is 11.7 Å². The SMILES string of the molecule is CC(C)CCNS(=O)(=O)c1ccc(C(N)=S)s1. The van der Waals surface area contributed by atoms with Crippen LogP contribution in [0.5, 0.6) is 0 Å². The van der Waals surface area contributed by atoms with E-state index >= 15 is 0 Å². The minimum absolute atomic E-state index is 0.221. The van der Waals surface area contributed by atoms with Gasteiger partial charge in [-0.2, -0.15) is 0 Å². The molecule has 0 fully saturated rings. The number of nitrogens with one attached hydrogen (secondary N) is 1. The van der Waals surface area contributed by atoms with Crippen molar-refractivity contribution in [3.8, 4) is 0 Å². The average Bonchev–Trinajstić information content (AvgIpc) is 2.65. The highest BCUT2D eigenvalue weighted by atomic mass is 32.2. The number of hydrogen-bond acceptors (Lipinski definition) is 4. The maximum Gasteiger partial charge on any atom is 0.250 e. The third-order valence-electron chi connectivity index (χ3n) is 2.10. The molecule has 3 N–H and O–H groups in total. The maximum atomic E-state index is 11.9. The molecule has 0 aliphatic rings. The van der Waals surface area contributed by atoms with Crippen LogP contribution in [0.4, 0.5) is 0 Å². The molecule has 1 aromatic heterocycles.